The Balaban J connectivity index is 0.996. The van der Waals surface area contributed by atoms with Gasteiger partial charge in [-0.3, -0.25) is 14.4 Å². The molecular weight excluding hydrogens is 528 g/mol. The maximum absolute atomic E-state index is 14.0. The van der Waals surface area contributed by atoms with Crippen molar-refractivity contribution in [1.29, 1.82) is 0 Å². The van der Waals surface area contributed by atoms with Crippen LogP contribution in [0, 0.1) is 29.6 Å². The van der Waals surface area contributed by atoms with Crippen LogP contribution in [0.5, 0.6) is 5.75 Å². The number of carbonyl (C=O) groups excluding carboxylic acids is 3. The maximum atomic E-state index is 14.0. The molecule has 1 aliphatic heterocycles. The molecule has 5 aliphatic carbocycles. The van der Waals surface area contributed by atoms with E-state index in [1.165, 1.54) is 22.3 Å². The Morgan fingerprint density at radius 3 is 2.12 bits per heavy atom. The second-order valence-corrected chi connectivity index (χ2v) is 12.5. The summed E-state index contributed by atoms with van der Waals surface area (Å²) in [6.07, 6.45) is 0.143. The van der Waals surface area contributed by atoms with Crippen LogP contribution >= 0.6 is 0 Å². The van der Waals surface area contributed by atoms with Gasteiger partial charge in [-0.05, 0) is 58.0 Å². The molecular formula is C36H28O6. The van der Waals surface area contributed by atoms with Crippen molar-refractivity contribution in [3.63, 3.8) is 0 Å². The van der Waals surface area contributed by atoms with Crippen LogP contribution in [0.3, 0.4) is 0 Å². The Bertz CT molecular complexity index is 1760. The topological polar surface area (TPSA) is 78.9 Å². The number of rotatable bonds is 4. The van der Waals surface area contributed by atoms with E-state index in [-0.39, 0.29) is 41.5 Å². The van der Waals surface area contributed by atoms with Gasteiger partial charge in [0.15, 0.2) is 0 Å². The van der Waals surface area contributed by atoms with Crippen molar-refractivity contribution in [2.75, 3.05) is 0 Å². The van der Waals surface area contributed by atoms with E-state index in [0.29, 0.717) is 18.6 Å². The second-order valence-electron chi connectivity index (χ2n) is 12.5. The van der Waals surface area contributed by atoms with Crippen molar-refractivity contribution >= 4 is 28.7 Å². The fourth-order valence-electron chi connectivity index (χ4n) is 8.97. The van der Waals surface area contributed by atoms with Crippen LogP contribution in [-0.2, 0) is 23.9 Å². The van der Waals surface area contributed by atoms with Gasteiger partial charge in [0, 0.05) is 23.7 Å². The fraction of sp³-hybridized carbons (Fsp3) is 0.306. The lowest BCUT2D eigenvalue weighted by atomic mass is 9.59. The highest BCUT2D eigenvalue weighted by Gasteiger charge is 2.70. The molecule has 3 fully saturated rings. The summed E-state index contributed by atoms with van der Waals surface area (Å²) in [5.74, 6) is -2.66. The van der Waals surface area contributed by atoms with Gasteiger partial charge in [0.05, 0.1) is 17.8 Å². The summed E-state index contributed by atoms with van der Waals surface area (Å²) in [7, 11) is 0. The Hall–Kier alpha value is -4.45. The average molecular weight is 557 g/mol. The lowest BCUT2D eigenvalue weighted by molar-refractivity contribution is -0.169. The normalized spacial score (nSPS) is 32.8. The van der Waals surface area contributed by atoms with Gasteiger partial charge in [0.25, 0.3) is 0 Å². The molecule has 4 bridgehead atoms. The molecule has 6 aliphatic rings. The largest absolute Gasteiger partial charge is 0.458 e. The lowest BCUT2D eigenvalue weighted by Gasteiger charge is -2.45. The molecule has 0 spiro atoms. The smallest absolute Gasteiger partial charge is 0.315 e. The summed E-state index contributed by atoms with van der Waals surface area (Å²) in [6, 6.07) is 30.2. The second kappa shape index (κ2) is 8.78. The van der Waals surface area contributed by atoms with Crippen LogP contribution < -0.4 is 4.74 Å². The fourth-order valence-corrected chi connectivity index (χ4v) is 8.97. The number of hydrogen-bond donors (Lipinski definition) is 0. The zero-order valence-electron chi connectivity index (χ0n) is 22.7. The molecule has 10 rings (SSSR count). The van der Waals surface area contributed by atoms with Gasteiger partial charge in [-0.25, -0.2) is 0 Å². The van der Waals surface area contributed by atoms with E-state index < -0.39 is 30.0 Å². The number of benzene rings is 4. The first-order valence-corrected chi connectivity index (χ1v) is 14.9. The van der Waals surface area contributed by atoms with Crippen LogP contribution in [-0.4, -0.2) is 30.1 Å². The van der Waals surface area contributed by atoms with Gasteiger partial charge in [-0.15, -0.1) is 0 Å². The summed E-state index contributed by atoms with van der Waals surface area (Å²) in [5.41, 5.74) is 4.95. The number of ether oxygens (including phenoxy) is 3. The SMILES string of the molecule is O=C(OC1C2CC3C1OC(=O)C3C2C(=O)Oc1ccc2ccccc2c1)C1CC2c3ccccc3C1c1ccccc12. The summed E-state index contributed by atoms with van der Waals surface area (Å²) < 4.78 is 17.9. The Kier molecular flexibility index (Phi) is 5.05. The zero-order chi connectivity index (χ0) is 28.1. The Morgan fingerprint density at radius 1 is 0.714 bits per heavy atom. The predicted molar refractivity (Wildman–Crippen MR) is 153 cm³/mol. The molecule has 0 radical (unpaired) electrons. The third-order valence-corrected chi connectivity index (χ3v) is 10.6. The zero-order valence-corrected chi connectivity index (χ0v) is 22.7. The summed E-state index contributed by atoms with van der Waals surface area (Å²) in [5, 5.41) is 2.01. The Labute approximate surface area is 242 Å². The van der Waals surface area contributed by atoms with Crippen molar-refractivity contribution < 1.29 is 28.6 Å². The van der Waals surface area contributed by atoms with Crippen molar-refractivity contribution in [3.8, 4) is 5.75 Å². The van der Waals surface area contributed by atoms with E-state index in [0.717, 1.165) is 10.8 Å². The molecule has 6 nitrogen and oxygen atoms in total. The quantitative estimate of drug-likeness (QED) is 0.235. The Morgan fingerprint density at radius 2 is 1.38 bits per heavy atom. The van der Waals surface area contributed by atoms with Gasteiger partial charge < -0.3 is 14.2 Å². The molecule has 6 heteroatoms. The molecule has 4 aromatic rings. The van der Waals surface area contributed by atoms with Crippen molar-refractivity contribution in [1.82, 2.24) is 0 Å². The molecule has 1 saturated heterocycles. The van der Waals surface area contributed by atoms with E-state index in [1.807, 2.05) is 48.5 Å². The number of carbonyl (C=O) groups is 3. The minimum Gasteiger partial charge on any atom is -0.458 e. The monoisotopic (exact) mass is 556 g/mol. The molecule has 0 aromatic heterocycles. The van der Waals surface area contributed by atoms with Crippen molar-refractivity contribution in [2.45, 2.75) is 36.9 Å². The van der Waals surface area contributed by atoms with Crippen LogP contribution in [0.15, 0.2) is 91.0 Å². The lowest BCUT2D eigenvalue weighted by Crippen LogP contribution is -2.46. The number of hydrogen-bond acceptors (Lipinski definition) is 6. The number of fused-ring (bicyclic) bond motifs is 3. The summed E-state index contributed by atoms with van der Waals surface area (Å²) >= 11 is 0. The van der Waals surface area contributed by atoms with Gasteiger partial charge in [0.2, 0.25) is 0 Å². The van der Waals surface area contributed by atoms with E-state index in [1.54, 1.807) is 6.07 Å². The van der Waals surface area contributed by atoms with E-state index in [9.17, 15) is 14.4 Å². The molecule has 1 heterocycles. The van der Waals surface area contributed by atoms with E-state index in [4.69, 9.17) is 14.2 Å². The van der Waals surface area contributed by atoms with Crippen molar-refractivity contribution in [3.05, 3.63) is 113 Å². The van der Waals surface area contributed by atoms with Crippen molar-refractivity contribution in [2.24, 2.45) is 29.6 Å². The minimum absolute atomic E-state index is 0.0824. The molecule has 0 amide bonds. The third-order valence-electron chi connectivity index (χ3n) is 10.6. The van der Waals surface area contributed by atoms with Crippen LogP contribution in [0.4, 0.5) is 0 Å². The van der Waals surface area contributed by atoms with Crippen LogP contribution in [0.1, 0.15) is 46.9 Å². The van der Waals surface area contributed by atoms with E-state index >= 15 is 0 Å². The van der Waals surface area contributed by atoms with Gasteiger partial charge >= 0.3 is 17.9 Å². The number of esters is 3. The maximum Gasteiger partial charge on any atom is 0.315 e. The highest BCUT2D eigenvalue weighted by molar-refractivity contribution is 5.89. The standard InChI is InChI=1S/C36H28O6/c37-34(28-16-25-21-9-3-5-11-23(21)29(28)24-12-6-4-10-22(24)25)41-32-26-17-27-31(36(39)42-33(27)32)30(26)35(38)40-20-14-13-18-7-1-2-8-19(18)15-20/h1-15,25-33H,16-17H2. The molecule has 7 atom stereocenters. The highest BCUT2D eigenvalue weighted by atomic mass is 16.6. The predicted octanol–water partition coefficient (Wildman–Crippen LogP) is 5.76. The van der Waals surface area contributed by atoms with Crippen LogP contribution in [0.25, 0.3) is 10.8 Å². The molecule has 0 N–H and O–H groups in total. The third kappa shape index (κ3) is 3.29. The molecule has 7 unspecified atom stereocenters. The molecule has 42 heavy (non-hydrogen) atoms. The van der Waals surface area contributed by atoms with Gasteiger partial charge in [-0.2, -0.15) is 0 Å². The van der Waals surface area contributed by atoms with Gasteiger partial charge in [0.1, 0.15) is 18.0 Å². The van der Waals surface area contributed by atoms with Gasteiger partial charge in [-0.1, -0.05) is 78.9 Å². The molecule has 208 valence electrons. The average Bonchev–Trinajstić information content (AvgIpc) is 3.65. The minimum atomic E-state index is -0.699. The summed E-state index contributed by atoms with van der Waals surface area (Å²) in [6.45, 7) is 0. The first-order chi connectivity index (χ1) is 20.6. The summed E-state index contributed by atoms with van der Waals surface area (Å²) in [4.78, 5) is 40.6. The van der Waals surface area contributed by atoms with E-state index in [2.05, 4.69) is 36.4 Å². The first kappa shape index (κ1) is 24.2. The highest BCUT2D eigenvalue weighted by Crippen LogP contribution is 2.60. The molecule has 2 saturated carbocycles. The molecule has 4 aromatic carbocycles. The van der Waals surface area contributed by atoms with Crippen LogP contribution in [0.2, 0.25) is 0 Å². The first-order valence-electron chi connectivity index (χ1n) is 14.9.